The van der Waals surface area contributed by atoms with Crippen LogP contribution in [0.3, 0.4) is 0 Å². The van der Waals surface area contributed by atoms with Gasteiger partial charge in [0, 0.05) is 6.04 Å². The molecule has 0 bridgehead atoms. The van der Waals surface area contributed by atoms with Crippen molar-refractivity contribution in [2.24, 2.45) is 0 Å². The van der Waals surface area contributed by atoms with Gasteiger partial charge in [-0.1, -0.05) is 6.07 Å². The van der Waals surface area contributed by atoms with E-state index in [-0.39, 0.29) is 5.91 Å². The van der Waals surface area contributed by atoms with E-state index in [1.807, 2.05) is 29.5 Å². The number of carbonyl (C=O) groups excluding carboxylic acids is 1. The zero-order valence-electron chi connectivity index (χ0n) is 11.7. The quantitative estimate of drug-likeness (QED) is 0.796. The standard InChI is InChI=1S/C13H17N5OS2/c1-17(7-11(19)14-9-4-5-9)8-18-13(20)15-12(16-18)10-3-2-6-21-10/h2-3,6,9H,4-5,7-8H2,1H3,(H,14,19)(H,15,16,20). The Bertz CT molecular complexity index is 671. The maximum atomic E-state index is 11.8. The summed E-state index contributed by atoms with van der Waals surface area (Å²) in [4.78, 5) is 19.1. The number of hydrogen-bond donors (Lipinski definition) is 2. The molecule has 21 heavy (non-hydrogen) atoms. The highest BCUT2D eigenvalue weighted by atomic mass is 32.1. The summed E-state index contributed by atoms with van der Waals surface area (Å²) in [5.41, 5.74) is 0. The van der Waals surface area contributed by atoms with Crippen LogP contribution >= 0.6 is 23.6 Å². The fourth-order valence-electron chi connectivity index (χ4n) is 2.01. The summed E-state index contributed by atoms with van der Waals surface area (Å²) < 4.78 is 2.27. The van der Waals surface area contributed by atoms with Gasteiger partial charge in [0.1, 0.15) is 0 Å². The molecule has 1 saturated carbocycles. The predicted molar refractivity (Wildman–Crippen MR) is 84.5 cm³/mol. The number of rotatable bonds is 6. The minimum atomic E-state index is 0.0597. The molecule has 1 fully saturated rings. The molecule has 8 heteroatoms. The number of aromatic amines is 1. The fraction of sp³-hybridized carbons (Fsp3) is 0.462. The van der Waals surface area contributed by atoms with Crippen LogP contribution in [0.4, 0.5) is 0 Å². The van der Waals surface area contributed by atoms with Crippen molar-refractivity contribution in [1.29, 1.82) is 0 Å². The summed E-state index contributed by atoms with van der Waals surface area (Å²) in [6.07, 6.45) is 2.20. The number of H-pyrrole nitrogens is 1. The van der Waals surface area contributed by atoms with Gasteiger partial charge < -0.3 is 5.32 Å². The smallest absolute Gasteiger partial charge is 0.234 e. The highest BCUT2D eigenvalue weighted by molar-refractivity contribution is 7.71. The Hall–Kier alpha value is -1.51. The molecule has 0 spiro atoms. The summed E-state index contributed by atoms with van der Waals surface area (Å²) in [6.45, 7) is 0.862. The van der Waals surface area contributed by atoms with E-state index in [1.54, 1.807) is 16.0 Å². The van der Waals surface area contributed by atoms with E-state index in [2.05, 4.69) is 15.4 Å². The molecule has 0 unspecified atom stereocenters. The summed E-state index contributed by atoms with van der Waals surface area (Å²) in [7, 11) is 1.89. The molecular weight excluding hydrogens is 306 g/mol. The molecule has 1 amide bonds. The molecule has 2 heterocycles. The molecule has 3 rings (SSSR count). The van der Waals surface area contributed by atoms with Crippen molar-refractivity contribution in [3.05, 3.63) is 22.3 Å². The van der Waals surface area contributed by atoms with Crippen molar-refractivity contribution in [1.82, 2.24) is 25.0 Å². The molecule has 0 saturated heterocycles. The Morgan fingerprint density at radius 1 is 1.67 bits per heavy atom. The fourth-order valence-corrected chi connectivity index (χ4v) is 2.87. The zero-order chi connectivity index (χ0) is 14.8. The van der Waals surface area contributed by atoms with E-state index in [4.69, 9.17) is 12.2 Å². The molecule has 0 radical (unpaired) electrons. The summed E-state index contributed by atoms with van der Waals surface area (Å²) in [5, 5.41) is 8.15. The van der Waals surface area contributed by atoms with Crippen molar-refractivity contribution < 1.29 is 4.79 Å². The summed E-state index contributed by atoms with van der Waals surface area (Å²) in [5.74, 6) is 0.829. The van der Waals surface area contributed by atoms with Crippen LogP contribution in [0.1, 0.15) is 12.8 Å². The van der Waals surface area contributed by atoms with E-state index in [1.165, 1.54) is 0 Å². The molecule has 2 aromatic heterocycles. The third kappa shape index (κ3) is 3.78. The third-order valence-corrected chi connectivity index (χ3v) is 4.36. The molecule has 2 N–H and O–H groups in total. The number of aromatic nitrogens is 3. The third-order valence-electron chi connectivity index (χ3n) is 3.17. The maximum Gasteiger partial charge on any atom is 0.234 e. The second-order valence-electron chi connectivity index (χ2n) is 5.26. The second-order valence-corrected chi connectivity index (χ2v) is 6.57. The first-order valence-electron chi connectivity index (χ1n) is 6.80. The zero-order valence-corrected chi connectivity index (χ0v) is 13.3. The van der Waals surface area contributed by atoms with Crippen LogP contribution in [0, 0.1) is 4.77 Å². The molecule has 1 aliphatic rings. The molecule has 6 nitrogen and oxygen atoms in total. The molecule has 2 aromatic rings. The van der Waals surface area contributed by atoms with Gasteiger partial charge in [0.2, 0.25) is 10.7 Å². The molecular formula is C13H17N5OS2. The van der Waals surface area contributed by atoms with Gasteiger partial charge in [-0.15, -0.1) is 11.3 Å². The lowest BCUT2D eigenvalue weighted by atomic mass is 10.4. The molecule has 112 valence electrons. The lowest BCUT2D eigenvalue weighted by molar-refractivity contribution is -0.122. The summed E-state index contributed by atoms with van der Waals surface area (Å²) >= 11 is 6.87. The molecule has 0 aliphatic heterocycles. The van der Waals surface area contributed by atoms with Crippen molar-refractivity contribution >= 4 is 29.5 Å². The lowest BCUT2D eigenvalue weighted by Crippen LogP contribution is -2.37. The topological polar surface area (TPSA) is 66.0 Å². The van der Waals surface area contributed by atoms with Gasteiger partial charge in [-0.2, -0.15) is 4.98 Å². The number of nitrogens with one attached hydrogen (secondary N) is 2. The van der Waals surface area contributed by atoms with Gasteiger partial charge >= 0.3 is 0 Å². The van der Waals surface area contributed by atoms with Crippen LogP contribution in [0.25, 0.3) is 10.7 Å². The number of likely N-dealkylation sites (N-methyl/N-ethyl adjacent to an activating group) is 1. The molecule has 0 atom stereocenters. The first kappa shape index (κ1) is 14.4. The number of thiophene rings is 1. The normalized spacial score (nSPS) is 14.6. The van der Waals surface area contributed by atoms with Crippen LogP contribution in [0.15, 0.2) is 17.5 Å². The Balaban J connectivity index is 1.61. The van der Waals surface area contributed by atoms with Crippen LogP contribution < -0.4 is 5.32 Å². The van der Waals surface area contributed by atoms with Gasteiger partial charge in [-0.3, -0.25) is 14.8 Å². The van der Waals surface area contributed by atoms with E-state index in [9.17, 15) is 4.79 Å². The van der Waals surface area contributed by atoms with Gasteiger partial charge in [-0.05, 0) is 43.6 Å². The Morgan fingerprint density at radius 3 is 3.14 bits per heavy atom. The Labute approximate surface area is 131 Å². The van der Waals surface area contributed by atoms with Crippen LogP contribution in [0.2, 0.25) is 0 Å². The van der Waals surface area contributed by atoms with Gasteiger partial charge in [0.25, 0.3) is 0 Å². The lowest BCUT2D eigenvalue weighted by Gasteiger charge is -2.16. The minimum Gasteiger partial charge on any atom is -0.352 e. The monoisotopic (exact) mass is 323 g/mol. The van der Waals surface area contributed by atoms with Gasteiger partial charge in [-0.25, -0.2) is 4.68 Å². The van der Waals surface area contributed by atoms with Gasteiger partial charge in [0.15, 0.2) is 5.82 Å². The van der Waals surface area contributed by atoms with E-state index in [0.717, 1.165) is 23.5 Å². The number of amides is 1. The van der Waals surface area contributed by atoms with Crippen LogP contribution in [0.5, 0.6) is 0 Å². The maximum absolute atomic E-state index is 11.8. The summed E-state index contributed by atoms with van der Waals surface area (Å²) in [6, 6.07) is 4.37. The van der Waals surface area contributed by atoms with Crippen LogP contribution in [-0.2, 0) is 11.5 Å². The van der Waals surface area contributed by atoms with Crippen molar-refractivity contribution in [2.45, 2.75) is 25.6 Å². The van der Waals surface area contributed by atoms with Crippen LogP contribution in [-0.4, -0.2) is 45.2 Å². The van der Waals surface area contributed by atoms with E-state index in [0.29, 0.717) is 24.0 Å². The van der Waals surface area contributed by atoms with Crippen molar-refractivity contribution in [2.75, 3.05) is 13.6 Å². The van der Waals surface area contributed by atoms with Crippen molar-refractivity contribution in [3.63, 3.8) is 0 Å². The first-order valence-corrected chi connectivity index (χ1v) is 8.09. The van der Waals surface area contributed by atoms with E-state index < -0.39 is 0 Å². The van der Waals surface area contributed by atoms with Crippen molar-refractivity contribution in [3.8, 4) is 10.7 Å². The first-order chi connectivity index (χ1) is 10.1. The number of nitrogens with zero attached hydrogens (tertiary/aromatic N) is 3. The predicted octanol–water partition coefficient (Wildman–Crippen LogP) is 1.84. The molecule has 1 aliphatic carbocycles. The minimum absolute atomic E-state index is 0.0597. The largest absolute Gasteiger partial charge is 0.352 e. The average molecular weight is 323 g/mol. The Kier molecular flexibility index (Phi) is 4.18. The van der Waals surface area contributed by atoms with E-state index >= 15 is 0 Å². The number of carbonyl (C=O) groups is 1. The second kappa shape index (κ2) is 6.08. The van der Waals surface area contributed by atoms with Gasteiger partial charge in [0.05, 0.1) is 18.1 Å². The highest BCUT2D eigenvalue weighted by Gasteiger charge is 2.23. The number of hydrogen-bond acceptors (Lipinski definition) is 5. The molecule has 0 aromatic carbocycles. The SMILES string of the molecule is CN(CC(=O)NC1CC1)Cn1[nH]c(-c2cccs2)nc1=S. The average Bonchev–Trinajstić information content (AvgIpc) is 2.94. The Morgan fingerprint density at radius 2 is 2.48 bits per heavy atom. The highest BCUT2D eigenvalue weighted by Crippen LogP contribution is 2.20.